The highest BCUT2D eigenvalue weighted by Gasteiger charge is 2.42. The smallest absolute Gasteiger partial charge is 0.319 e. The Morgan fingerprint density at radius 1 is 1.17 bits per heavy atom. The molecule has 0 saturated carbocycles. The molecule has 6 rings (SSSR count). The van der Waals surface area contributed by atoms with Crippen LogP contribution < -0.4 is 25.4 Å². The van der Waals surface area contributed by atoms with E-state index in [1.165, 1.54) is 0 Å². The van der Waals surface area contributed by atoms with E-state index in [0.29, 0.717) is 12.6 Å². The minimum atomic E-state index is -0.355. The number of benzene rings is 2. The molecule has 36 heavy (non-hydrogen) atoms. The largest absolute Gasteiger partial charge is 0.497 e. The number of hydrogen-bond donors (Lipinski definition) is 3. The highest BCUT2D eigenvalue weighted by Crippen LogP contribution is 2.40. The summed E-state index contributed by atoms with van der Waals surface area (Å²) in [6.45, 7) is 1.17. The molecular weight excluding hydrogens is 452 g/mol. The number of para-hydroxylation sites is 1. The SMILES string of the molecule is COc1ccc2c(c1)/C(=C/CCC1CCC3(CN1)NC(=O)Nc1ccccc13)c1cccnc1CO2. The number of rotatable bonds is 4. The Balaban J connectivity index is 1.20. The number of methoxy groups -OCH3 is 1. The first kappa shape index (κ1) is 22.6. The van der Waals surface area contributed by atoms with Crippen molar-refractivity contribution in [3.05, 3.63) is 89.3 Å². The van der Waals surface area contributed by atoms with Crippen LogP contribution in [0.15, 0.2) is 66.9 Å². The molecule has 0 bridgehead atoms. The van der Waals surface area contributed by atoms with Gasteiger partial charge in [-0.05, 0) is 61.6 Å². The molecule has 3 aliphatic heterocycles. The van der Waals surface area contributed by atoms with Gasteiger partial charge in [0.2, 0.25) is 0 Å². The van der Waals surface area contributed by atoms with Gasteiger partial charge in [0.15, 0.2) is 0 Å². The first-order valence-corrected chi connectivity index (χ1v) is 12.5. The molecule has 2 amide bonds. The van der Waals surface area contributed by atoms with Crippen molar-refractivity contribution in [1.82, 2.24) is 15.6 Å². The molecule has 7 nitrogen and oxygen atoms in total. The zero-order valence-electron chi connectivity index (χ0n) is 20.3. The zero-order valence-corrected chi connectivity index (χ0v) is 20.3. The third-order valence-electron chi connectivity index (χ3n) is 7.54. The molecule has 1 fully saturated rings. The van der Waals surface area contributed by atoms with E-state index in [1.807, 2.05) is 48.7 Å². The summed E-state index contributed by atoms with van der Waals surface area (Å²) in [7, 11) is 1.68. The number of hydrogen-bond acceptors (Lipinski definition) is 5. The van der Waals surface area contributed by atoms with E-state index in [0.717, 1.165) is 77.4 Å². The van der Waals surface area contributed by atoms with Crippen molar-refractivity contribution in [3.8, 4) is 11.5 Å². The highest BCUT2D eigenvalue weighted by molar-refractivity contribution is 5.93. The normalized spacial score (nSPS) is 23.4. The number of carbonyl (C=O) groups excluding carboxylic acids is 1. The number of nitrogens with one attached hydrogen (secondary N) is 3. The average molecular weight is 483 g/mol. The summed E-state index contributed by atoms with van der Waals surface area (Å²) in [4.78, 5) is 16.9. The van der Waals surface area contributed by atoms with Gasteiger partial charge in [0.05, 0.1) is 18.3 Å². The third kappa shape index (κ3) is 4.09. The van der Waals surface area contributed by atoms with Gasteiger partial charge < -0.3 is 25.4 Å². The molecule has 0 aliphatic carbocycles. The van der Waals surface area contributed by atoms with E-state index in [1.54, 1.807) is 7.11 Å². The van der Waals surface area contributed by atoms with E-state index in [9.17, 15) is 4.79 Å². The average Bonchev–Trinajstić information content (AvgIpc) is 3.06. The standard InChI is InChI=1S/C29H30N4O3/c1-35-20-11-12-27-23(16-20)21(22-8-5-15-30-26(22)17-36-27)7-4-6-19-13-14-29(18-31-19)24-9-2-3-10-25(24)32-28(34)33-29/h2-3,5,7-12,15-16,19,31H,4,6,13-14,17-18H2,1H3,(H2,32,33,34)/b21-7+. The molecule has 2 atom stereocenters. The van der Waals surface area contributed by atoms with Crippen LogP contribution in [0.1, 0.15) is 48.1 Å². The number of aromatic nitrogens is 1. The number of pyridine rings is 1. The first-order chi connectivity index (χ1) is 17.6. The molecule has 4 heterocycles. The van der Waals surface area contributed by atoms with Crippen LogP contribution in [0.4, 0.5) is 10.5 Å². The number of urea groups is 1. The lowest BCUT2D eigenvalue weighted by atomic mass is 9.78. The van der Waals surface area contributed by atoms with Crippen LogP contribution in [0, 0.1) is 0 Å². The minimum Gasteiger partial charge on any atom is -0.497 e. The van der Waals surface area contributed by atoms with Crippen molar-refractivity contribution in [1.29, 1.82) is 0 Å². The van der Waals surface area contributed by atoms with E-state index in [-0.39, 0.29) is 11.6 Å². The van der Waals surface area contributed by atoms with Crippen molar-refractivity contribution in [2.45, 2.75) is 43.9 Å². The molecule has 3 N–H and O–H groups in total. The third-order valence-corrected chi connectivity index (χ3v) is 7.54. The summed E-state index contributed by atoms with van der Waals surface area (Å²) in [5.74, 6) is 1.65. The van der Waals surface area contributed by atoms with Crippen LogP contribution in [0.3, 0.4) is 0 Å². The number of allylic oxidation sites excluding steroid dienone is 1. The fraction of sp³-hybridized carbons (Fsp3) is 0.310. The Bertz CT molecular complexity index is 1330. The Morgan fingerprint density at radius 2 is 2.08 bits per heavy atom. The van der Waals surface area contributed by atoms with E-state index < -0.39 is 0 Å². The summed E-state index contributed by atoms with van der Waals surface area (Å²) in [6.07, 6.45) is 7.94. The molecule has 2 aromatic carbocycles. The number of nitrogens with zero attached hydrogens (tertiary/aromatic N) is 1. The van der Waals surface area contributed by atoms with E-state index in [2.05, 4.69) is 39.1 Å². The fourth-order valence-electron chi connectivity index (χ4n) is 5.67. The zero-order chi connectivity index (χ0) is 24.5. The molecule has 0 radical (unpaired) electrons. The van der Waals surface area contributed by atoms with Crippen molar-refractivity contribution in [2.75, 3.05) is 19.0 Å². The lowest BCUT2D eigenvalue weighted by Gasteiger charge is -2.45. The molecule has 2 unspecified atom stereocenters. The number of carbonyl (C=O) groups is 1. The summed E-state index contributed by atoms with van der Waals surface area (Å²) in [5, 5.41) is 9.85. The number of anilines is 1. The minimum absolute atomic E-state index is 0.129. The Hall–Kier alpha value is -3.84. The predicted octanol–water partition coefficient (Wildman–Crippen LogP) is 4.98. The second-order valence-electron chi connectivity index (χ2n) is 9.67. The van der Waals surface area contributed by atoms with E-state index >= 15 is 0 Å². The monoisotopic (exact) mass is 482 g/mol. The number of fused-ring (bicyclic) bond motifs is 4. The molecular formula is C29H30N4O3. The molecule has 3 aromatic rings. The highest BCUT2D eigenvalue weighted by atomic mass is 16.5. The van der Waals surface area contributed by atoms with Crippen molar-refractivity contribution >= 4 is 17.3 Å². The van der Waals surface area contributed by atoms with Gasteiger partial charge in [0.25, 0.3) is 0 Å². The van der Waals surface area contributed by atoms with Crippen LogP contribution >= 0.6 is 0 Å². The van der Waals surface area contributed by atoms with E-state index in [4.69, 9.17) is 9.47 Å². The van der Waals surface area contributed by atoms with Gasteiger partial charge in [0, 0.05) is 41.2 Å². The summed E-state index contributed by atoms with van der Waals surface area (Å²) in [5.41, 5.74) is 5.93. The summed E-state index contributed by atoms with van der Waals surface area (Å²) in [6, 6.07) is 18.4. The van der Waals surface area contributed by atoms with Crippen LogP contribution in [-0.4, -0.2) is 30.7 Å². The predicted molar refractivity (Wildman–Crippen MR) is 139 cm³/mol. The molecule has 1 spiro atoms. The van der Waals surface area contributed by atoms with Gasteiger partial charge >= 0.3 is 6.03 Å². The second-order valence-corrected chi connectivity index (χ2v) is 9.67. The van der Waals surface area contributed by atoms with Gasteiger partial charge in [-0.1, -0.05) is 30.3 Å². The van der Waals surface area contributed by atoms with Crippen LogP contribution in [0.2, 0.25) is 0 Å². The van der Waals surface area contributed by atoms with Gasteiger partial charge in [-0.2, -0.15) is 0 Å². The van der Waals surface area contributed by atoms with Crippen LogP contribution in [0.5, 0.6) is 11.5 Å². The summed E-state index contributed by atoms with van der Waals surface area (Å²) >= 11 is 0. The van der Waals surface area contributed by atoms with Gasteiger partial charge in [-0.3, -0.25) is 4.98 Å². The number of amides is 2. The molecule has 7 heteroatoms. The van der Waals surface area contributed by atoms with Crippen LogP contribution in [-0.2, 0) is 12.1 Å². The Morgan fingerprint density at radius 3 is 2.94 bits per heavy atom. The maximum Gasteiger partial charge on any atom is 0.319 e. The molecule has 3 aliphatic rings. The fourth-order valence-corrected chi connectivity index (χ4v) is 5.67. The lowest BCUT2D eigenvalue weighted by Crippen LogP contribution is -2.60. The van der Waals surface area contributed by atoms with Crippen molar-refractivity contribution in [2.24, 2.45) is 0 Å². The lowest BCUT2D eigenvalue weighted by molar-refractivity contribution is 0.198. The number of piperidine rings is 1. The maximum absolute atomic E-state index is 12.3. The van der Waals surface area contributed by atoms with Crippen molar-refractivity contribution < 1.29 is 14.3 Å². The maximum atomic E-state index is 12.3. The Labute approximate surface area is 210 Å². The van der Waals surface area contributed by atoms with Gasteiger partial charge in [0.1, 0.15) is 18.1 Å². The van der Waals surface area contributed by atoms with Crippen molar-refractivity contribution in [3.63, 3.8) is 0 Å². The van der Waals surface area contributed by atoms with Crippen LogP contribution in [0.25, 0.3) is 5.57 Å². The van der Waals surface area contributed by atoms with Gasteiger partial charge in [-0.25, -0.2) is 4.79 Å². The second kappa shape index (κ2) is 9.32. The first-order valence-electron chi connectivity index (χ1n) is 12.5. The van der Waals surface area contributed by atoms with Gasteiger partial charge in [-0.15, -0.1) is 0 Å². The molecule has 184 valence electrons. The molecule has 1 aromatic heterocycles. The topological polar surface area (TPSA) is 84.5 Å². The number of ether oxygens (including phenoxy) is 2. The molecule has 1 saturated heterocycles. The Kier molecular flexibility index (Phi) is 5.85. The quantitative estimate of drug-likeness (QED) is 0.489. The summed E-state index contributed by atoms with van der Waals surface area (Å²) < 4.78 is 11.6.